The van der Waals surface area contributed by atoms with Gasteiger partial charge in [-0.05, 0) is 68.8 Å². The second-order valence-electron chi connectivity index (χ2n) is 8.62. The number of imidazole rings is 1. The molecule has 2 aromatic heterocycles. The van der Waals surface area contributed by atoms with Crippen molar-refractivity contribution in [3.05, 3.63) is 90.1 Å². The number of aliphatic hydroxyl groups is 1. The minimum atomic E-state index is -1.03. The van der Waals surface area contributed by atoms with Crippen LogP contribution in [0.3, 0.4) is 0 Å². The Bertz CT molecular complexity index is 1250. The summed E-state index contributed by atoms with van der Waals surface area (Å²) in [4.78, 5) is 13.9. The zero-order chi connectivity index (χ0) is 23.5. The van der Waals surface area contributed by atoms with E-state index in [2.05, 4.69) is 34.7 Å². The van der Waals surface area contributed by atoms with Gasteiger partial charge in [0, 0.05) is 18.0 Å². The number of benzene rings is 2. The third-order valence-electron chi connectivity index (χ3n) is 6.25. The van der Waals surface area contributed by atoms with E-state index >= 15 is 0 Å². The van der Waals surface area contributed by atoms with Crippen LogP contribution >= 0.6 is 0 Å². The largest absolute Gasteiger partial charge is 0.383 e. The number of nitrogens with zero attached hydrogens (tertiary/aromatic N) is 4. The molecule has 8 heteroatoms. The van der Waals surface area contributed by atoms with Crippen molar-refractivity contribution in [2.45, 2.75) is 31.4 Å². The van der Waals surface area contributed by atoms with Crippen LogP contribution in [0.5, 0.6) is 0 Å². The van der Waals surface area contributed by atoms with Gasteiger partial charge in [-0.25, -0.2) is 14.4 Å². The van der Waals surface area contributed by atoms with Crippen molar-refractivity contribution in [2.75, 3.05) is 18.4 Å². The number of rotatable bonds is 6. The van der Waals surface area contributed by atoms with E-state index in [9.17, 15) is 9.50 Å². The van der Waals surface area contributed by atoms with E-state index < -0.39 is 5.60 Å². The van der Waals surface area contributed by atoms with Crippen LogP contribution in [0.4, 0.5) is 10.3 Å². The molecule has 0 radical (unpaired) electrons. The maximum absolute atomic E-state index is 13.6. The lowest BCUT2D eigenvalue weighted by molar-refractivity contribution is 0.00224. The van der Waals surface area contributed by atoms with Crippen LogP contribution in [0, 0.1) is 5.82 Å². The highest BCUT2D eigenvalue weighted by molar-refractivity contribution is 5.59. The van der Waals surface area contributed by atoms with Gasteiger partial charge in [-0.3, -0.25) is 4.57 Å². The minimum Gasteiger partial charge on any atom is -0.383 e. The monoisotopic (exact) mass is 458 g/mol. The number of piperidine rings is 1. The lowest BCUT2D eigenvalue weighted by atomic mass is 9.89. The summed E-state index contributed by atoms with van der Waals surface area (Å²) in [5, 5.41) is 17.9. The molecule has 0 bridgehead atoms. The molecule has 2 aromatic carbocycles. The first kappa shape index (κ1) is 22.2. The van der Waals surface area contributed by atoms with Gasteiger partial charge in [0.2, 0.25) is 5.95 Å². The van der Waals surface area contributed by atoms with Crippen molar-refractivity contribution in [3.63, 3.8) is 0 Å². The average Bonchev–Trinajstić information content (AvgIpc) is 3.32. The maximum atomic E-state index is 13.6. The van der Waals surface area contributed by atoms with Crippen LogP contribution in [-0.2, 0) is 5.60 Å². The molecule has 1 fully saturated rings. The number of nitrogens with one attached hydrogen (secondary N) is 2. The Balaban J connectivity index is 1.53. The molecule has 1 atom stereocenters. The average molecular weight is 459 g/mol. The van der Waals surface area contributed by atoms with Crippen LogP contribution in [0.15, 0.2) is 73.1 Å². The standard InChI is InChI=1S/C26H27FN6O/c1-18(19-5-3-2-4-6-19)30-25-29-14-11-23(32-25)33-17-22(26(34)12-15-28-16-13-26)31-24(33)20-7-9-21(27)10-8-20/h2-11,14,17-18,28,34H,12-13,15-16H2,1H3,(H,29,30,32)/t18-/m0/s1. The Morgan fingerprint density at radius 2 is 1.76 bits per heavy atom. The van der Waals surface area contributed by atoms with Crippen molar-refractivity contribution in [1.82, 2.24) is 24.8 Å². The Hall–Kier alpha value is -3.62. The quantitative estimate of drug-likeness (QED) is 0.401. The predicted octanol–water partition coefficient (Wildman–Crippen LogP) is 4.21. The molecule has 7 nitrogen and oxygen atoms in total. The summed E-state index contributed by atoms with van der Waals surface area (Å²) in [5.74, 6) is 1.35. The van der Waals surface area contributed by atoms with Crippen molar-refractivity contribution in [1.29, 1.82) is 0 Å². The minimum absolute atomic E-state index is 0.0156. The summed E-state index contributed by atoms with van der Waals surface area (Å²) < 4.78 is 15.4. The van der Waals surface area contributed by atoms with Crippen LogP contribution in [-0.4, -0.2) is 37.7 Å². The zero-order valence-electron chi connectivity index (χ0n) is 18.9. The van der Waals surface area contributed by atoms with Gasteiger partial charge in [-0.2, -0.15) is 4.98 Å². The molecule has 1 aliphatic heterocycles. The van der Waals surface area contributed by atoms with Crippen LogP contribution < -0.4 is 10.6 Å². The Kier molecular flexibility index (Phi) is 6.08. The van der Waals surface area contributed by atoms with Crippen LogP contribution in [0.1, 0.15) is 37.1 Å². The summed E-state index contributed by atoms with van der Waals surface area (Å²) >= 11 is 0. The van der Waals surface area contributed by atoms with E-state index in [-0.39, 0.29) is 11.9 Å². The highest BCUT2D eigenvalue weighted by Crippen LogP contribution is 2.33. The van der Waals surface area contributed by atoms with Gasteiger partial charge in [0.15, 0.2) is 0 Å². The first-order valence-corrected chi connectivity index (χ1v) is 11.5. The molecule has 5 rings (SSSR count). The lowest BCUT2D eigenvalue weighted by Crippen LogP contribution is -2.39. The second kappa shape index (κ2) is 9.32. The van der Waals surface area contributed by atoms with Crippen LogP contribution in [0.25, 0.3) is 17.2 Å². The molecular weight excluding hydrogens is 431 g/mol. The predicted molar refractivity (Wildman–Crippen MR) is 129 cm³/mol. The Morgan fingerprint density at radius 3 is 2.50 bits per heavy atom. The SMILES string of the molecule is C[C@H](Nc1nccc(-n2cc(C3(O)CCNCC3)nc2-c2ccc(F)cc2)n1)c1ccccc1. The van der Waals surface area contributed by atoms with E-state index in [0.29, 0.717) is 49.2 Å². The van der Waals surface area contributed by atoms with Crippen molar-refractivity contribution < 1.29 is 9.50 Å². The number of hydrogen-bond acceptors (Lipinski definition) is 6. The summed E-state index contributed by atoms with van der Waals surface area (Å²) in [7, 11) is 0. The van der Waals surface area contributed by atoms with Gasteiger partial charge in [0.05, 0.1) is 11.7 Å². The molecule has 1 aliphatic rings. The summed E-state index contributed by atoms with van der Waals surface area (Å²) in [6.07, 6.45) is 4.66. The van der Waals surface area contributed by atoms with Crippen LogP contribution in [0.2, 0.25) is 0 Å². The highest BCUT2D eigenvalue weighted by atomic mass is 19.1. The first-order valence-electron chi connectivity index (χ1n) is 11.5. The molecular formula is C26H27FN6O. The van der Waals surface area contributed by atoms with Gasteiger partial charge >= 0.3 is 0 Å². The van der Waals surface area contributed by atoms with E-state index in [1.54, 1.807) is 24.4 Å². The summed E-state index contributed by atoms with van der Waals surface area (Å²) in [6.45, 7) is 3.49. The molecule has 34 heavy (non-hydrogen) atoms. The first-order chi connectivity index (χ1) is 16.5. The maximum Gasteiger partial charge on any atom is 0.225 e. The molecule has 3 heterocycles. The van der Waals surface area contributed by atoms with E-state index in [0.717, 1.165) is 11.1 Å². The number of anilines is 1. The Labute approximate surface area is 197 Å². The molecule has 0 saturated carbocycles. The molecule has 4 aromatic rings. The number of hydrogen-bond donors (Lipinski definition) is 3. The number of aromatic nitrogens is 4. The van der Waals surface area contributed by atoms with E-state index in [1.807, 2.05) is 29.0 Å². The fourth-order valence-corrected chi connectivity index (χ4v) is 4.25. The fraction of sp³-hybridized carbons (Fsp3) is 0.269. The fourth-order valence-electron chi connectivity index (χ4n) is 4.25. The molecule has 1 saturated heterocycles. The topological polar surface area (TPSA) is 87.9 Å². The molecule has 0 amide bonds. The van der Waals surface area contributed by atoms with Crippen molar-refractivity contribution in [3.8, 4) is 17.2 Å². The van der Waals surface area contributed by atoms with Gasteiger partial charge < -0.3 is 15.7 Å². The summed E-state index contributed by atoms with van der Waals surface area (Å²) in [5.41, 5.74) is 1.41. The molecule has 174 valence electrons. The molecule has 0 spiro atoms. The summed E-state index contributed by atoms with van der Waals surface area (Å²) in [6, 6.07) is 18.1. The van der Waals surface area contributed by atoms with Gasteiger partial charge in [0.1, 0.15) is 23.1 Å². The van der Waals surface area contributed by atoms with Gasteiger partial charge in [-0.15, -0.1) is 0 Å². The van der Waals surface area contributed by atoms with Crippen molar-refractivity contribution >= 4 is 5.95 Å². The van der Waals surface area contributed by atoms with Gasteiger partial charge in [-0.1, -0.05) is 30.3 Å². The highest BCUT2D eigenvalue weighted by Gasteiger charge is 2.34. The second-order valence-corrected chi connectivity index (χ2v) is 8.62. The number of halogens is 1. The zero-order valence-corrected chi connectivity index (χ0v) is 18.9. The molecule has 0 unspecified atom stereocenters. The lowest BCUT2D eigenvalue weighted by Gasteiger charge is -2.30. The third kappa shape index (κ3) is 4.55. The Morgan fingerprint density at radius 1 is 1.03 bits per heavy atom. The third-order valence-corrected chi connectivity index (χ3v) is 6.25. The van der Waals surface area contributed by atoms with E-state index in [1.165, 1.54) is 12.1 Å². The van der Waals surface area contributed by atoms with Crippen molar-refractivity contribution in [2.24, 2.45) is 0 Å². The van der Waals surface area contributed by atoms with Gasteiger partial charge in [0.25, 0.3) is 0 Å². The smallest absolute Gasteiger partial charge is 0.225 e. The normalized spacial score (nSPS) is 16.2. The van der Waals surface area contributed by atoms with E-state index in [4.69, 9.17) is 9.97 Å². The molecule has 0 aliphatic carbocycles. The molecule has 3 N–H and O–H groups in total.